The molecule has 10 heteroatoms. The molecule has 0 spiro atoms. The number of nitrogens with one attached hydrogen (secondary N) is 2. The molecule has 2 aromatic rings. The van der Waals surface area contributed by atoms with Crippen molar-refractivity contribution < 1.29 is 17.6 Å². The molecule has 2 N–H and O–H groups in total. The first-order valence-electron chi connectivity index (χ1n) is 9.65. The van der Waals surface area contributed by atoms with Crippen molar-refractivity contribution in [1.82, 2.24) is 20.1 Å². The van der Waals surface area contributed by atoms with Crippen LogP contribution in [0.1, 0.15) is 18.0 Å². The van der Waals surface area contributed by atoms with Gasteiger partial charge in [-0.1, -0.05) is 28.1 Å². The summed E-state index contributed by atoms with van der Waals surface area (Å²) in [7, 11) is -3.58. The van der Waals surface area contributed by atoms with Gasteiger partial charge in [0.2, 0.25) is 15.9 Å². The zero-order valence-corrected chi connectivity index (χ0v) is 18.5. The number of benzene rings is 2. The van der Waals surface area contributed by atoms with Crippen molar-refractivity contribution in [3.8, 4) is 0 Å². The summed E-state index contributed by atoms with van der Waals surface area (Å²) in [4.78, 5) is 14.8. The maximum Gasteiger partial charge on any atom is 0.243 e. The fourth-order valence-corrected chi connectivity index (χ4v) is 5.44. The van der Waals surface area contributed by atoms with Gasteiger partial charge in [0.05, 0.1) is 4.90 Å². The first-order chi connectivity index (χ1) is 14.3. The number of hydrogen-bond donors (Lipinski definition) is 2. The van der Waals surface area contributed by atoms with E-state index in [0.29, 0.717) is 19.5 Å². The van der Waals surface area contributed by atoms with E-state index >= 15 is 0 Å². The van der Waals surface area contributed by atoms with E-state index < -0.39 is 16.1 Å². The first-order valence-corrected chi connectivity index (χ1v) is 11.9. The molecule has 2 saturated heterocycles. The van der Waals surface area contributed by atoms with Gasteiger partial charge in [0.15, 0.2) is 0 Å². The molecule has 2 atom stereocenters. The Morgan fingerprint density at radius 2 is 1.60 bits per heavy atom. The third-order valence-electron chi connectivity index (χ3n) is 5.48. The number of nitrogens with zero attached hydrogens (tertiary/aromatic N) is 2. The van der Waals surface area contributed by atoms with Gasteiger partial charge in [-0.05, 0) is 48.4 Å². The standard InChI is InChI=1S/C20H22BrFN4O3S/c21-15-3-7-17(8-4-15)30(28,29)26-11-9-25(10-12-26)20(27)19-13-18(23-24-19)14-1-5-16(22)6-2-14/h1-8,18-19,23-24H,9-13H2. The topological polar surface area (TPSA) is 81.8 Å². The largest absolute Gasteiger partial charge is 0.339 e. The average molecular weight is 497 g/mol. The van der Waals surface area contributed by atoms with Gasteiger partial charge in [0, 0.05) is 36.7 Å². The second kappa shape index (κ2) is 8.72. The molecule has 7 nitrogen and oxygen atoms in total. The normalized spacial score (nSPS) is 22.9. The summed E-state index contributed by atoms with van der Waals surface area (Å²) in [6.07, 6.45) is 0.544. The van der Waals surface area contributed by atoms with E-state index in [2.05, 4.69) is 26.8 Å². The van der Waals surface area contributed by atoms with Crippen molar-refractivity contribution in [2.24, 2.45) is 0 Å². The number of halogens is 2. The monoisotopic (exact) mass is 496 g/mol. The second-order valence-corrected chi connectivity index (χ2v) is 10.2. The van der Waals surface area contributed by atoms with Crippen molar-refractivity contribution in [3.05, 3.63) is 64.4 Å². The number of amides is 1. The van der Waals surface area contributed by atoms with Crippen molar-refractivity contribution in [3.63, 3.8) is 0 Å². The number of sulfonamides is 1. The molecule has 2 heterocycles. The van der Waals surface area contributed by atoms with Crippen LogP contribution in [0.3, 0.4) is 0 Å². The highest BCUT2D eigenvalue weighted by Gasteiger charge is 2.36. The van der Waals surface area contributed by atoms with Crippen LogP contribution in [-0.2, 0) is 14.8 Å². The third-order valence-corrected chi connectivity index (χ3v) is 7.92. The molecule has 30 heavy (non-hydrogen) atoms. The number of carbonyl (C=O) groups excluding carboxylic acids is 1. The summed E-state index contributed by atoms with van der Waals surface area (Å²) >= 11 is 3.31. The molecule has 2 aliphatic rings. The molecule has 0 aromatic heterocycles. The van der Waals surface area contributed by atoms with Crippen LogP contribution in [0.25, 0.3) is 0 Å². The van der Waals surface area contributed by atoms with Gasteiger partial charge in [0.25, 0.3) is 0 Å². The Hall–Kier alpha value is -1.85. The average Bonchev–Trinajstić information content (AvgIpc) is 3.24. The molecular formula is C20H22BrFN4O3S. The minimum Gasteiger partial charge on any atom is -0.339 e. The summed E-state index contributed by atoms with van der Waals surface area (Å²) < 4.78 is 41.0. The number of hydrazine groups is 1. The molecule has 1 amide bonds. The van der Waals surface area contributed by atoms with Gasteiger partial charge in [0.1, 0.15) is 11.9 Å². The fraction of sp³-hybridized carbons (Fsp3) is 0.350. The summed E-state index contributed by atoms with van der Waals surface area (Å²) in [6.45, 7) is 1.19. The van der Waals surface area contributed by atoms with Crippen LogP contribution in [0.4, 0.5) is 4.39 Å². The molecular weight excluding hydrogens is 475 g/mol. The van der Waals surface area contributed by atoms with Gasteiger partial charge in [-0.25, -0.2) is 23.7 Å². The van der Waals surface area contributed by atoms with Crippen molar-refractivity contribution >= 4 is 31.9 Å². The number of hydrogen-bond acceptors (Lipinski definition) is 5. The van der Waals surface area contributed by atoms with Gasteiger partial charge in [-0.15, -0.1) is 0 Å². The zero-order valence-electron chi connectivity index (χ0n) is 16.1. The van der Waals surface area contributed by atoms with Gasteiger partial charge in [-0.2, -0.15) is 4.31 Å². The Kier molecular flexibility index (Phi) is 6.21. The van der Waals surface area contributed by atoms with Crippen molar-refractivity contribution in [1.29, 1.82) is 0 Å². The molecule has 0 bridgehead atoms. The van der Waals surface area contributed by atoms with Crippen LogP contribution in [0.15, 0.2) is 57.9 Å². The predicted octanol–water partition coefficient (Wildman–Crippen LogP) is 2.03. The van der Waals surface area contributed by atoms with Crippen LogP contribution < -0.4 is 10.9 Å². The second-order valence-electron chi connectivity index (χ2n) is 7.36. The maximum atomic E-state index is 13.1. The lowest BCUT2D eigenvalue weighted by atomic mass is 10.0. The molecule has 0 saturated carbocycles. The lowest BCUT2D eigenvalue weighted by Gasteiger charge is -2.35. The van der Waals surface area contributed by atoms with Gasteiger partial charge in [-0.3, -0.25) is 4.79 Å². The molecule has 2 fully saturated rings. The van der Waals surface area contributed by atoms with E-state index in [1.807, 2.05) is 0 Å². The molecule has 2 unspecified atom stereocenters. The van der Waals surface area contributed by atoms with Crippen LogP contribution >= 0.6 is 15.9 Å². The Morgan fingerprint density at radius 3 is 2.23 bits per heavy atom. The third kappa shape index (κ3) is 4.42. The number of rotatable bonds is 4. The van der Waals surface area contributed by atoms with E-state index in [-0.39, 0.29) is 35.8 Å². The van der Waals surface area contributed by atoms with E-state index in [0.717, 1.165) is 10.0 Å². The van der Waals surface area contributed by atoms with Crippen LogP contribution in [0.2, 0.25) is 0 Å². The van der Waals surface area contributed by atoms with Crippen LogP contribution in [0, 0.1) is 5.82 Å². The van der Waals surface area contributed by atoms with Gasteiger partial charge >= 0.3 is 0 Å². The maximum absolute atomic E-state index is 13.1. The Bertz CT molecular complexity index is 1010. The van der Waals surface area contributed by atoms with E-state index in [1.165, 1.54) is 16.4 Å². The highest BCUT2D eigenvalue weighted by Crippen LogP contribution is 2.24. The SMILES string of the molecule is O=C(C1CC(c2ccc(F)cc2)NN1)N1CCN(S(=O)(=O)c2ccc(Br)cc2)CC1. The summed E-state index contributed by atoms with van der Waals surface area (Å²) in [5.74, 6) is -0.360. The lowest BCUT2D eigenvalue weighted by molar-refractivity contribution is -0.134. The Labute approximate surface area is 183 Å². The highest BCUT2D eigenvalue weighted by molar-refractivity contribution is 9.10. The molecule has 2 aromatic carbocycles. The lowest BCUT2D eigenvalue weighted by Crippen LogP contribution is -2.54. The predicted molar refractivity (Wildman–Crippen MR) is 113 cm³/mol. The van der Waals surface area contributed by atoms with Crippen molar-refractivity contribution in [2.45, 2.75) is 23.4 Å². The Morgan fingerprint density at radius 1 is 0.967 bits per heavy atom. The summed E-state index contributed by atoms with van der Waals surface area (Å²) in [6, 6.07) is 12.2. The van der Waals surface area contributed by atoms with E-state index in [4.69, 9.17) is 0 Å². The molecule has 2 aliphatic heterocycles. The minimum atomic E-state index is -3.58. The van der Waals surface area contributed by atoms with Gasteiger partial charge < -0.3 is 4.90 Å². The smallest absolute Gasteiger partial charge is 0.243 e. The molecule has 0 radical (unpaired) electrons. The van der Waals surface area contributed by atoms with Crippen LogP contribution in [-0.4, -0.2) is 55.8 Å². The quantitative estimate of drug-likeness (QED) is 0.676. The van der Waals surface area contributed by atoms with E-state index in [9.17, 15) is 17.6 Å². The van der Waals surface area contributed by atoms with Crippen LogP contribution in [0.5, 0.6) is 0 Å². The fourth-order valence-electron chi connectivity index (χ4n) is 3.76. The van der Waals surface area contributed by atoms with Crippen molar-refractivity contribution in [2.75, 3.05) is 26.2 Å². The Balaban J connectivity index is 1.34. The number of carbonyl (C=O) groups is 1. The summed E-state index contributed by atoms with van der Waals surface area (Å²) in [5, 5.41) is 0. The van der Waals surface area contributed by atoms with E-state index in [1.54, 1.807) is 41.3 Å². The highest BCUT2D eigenvalue weighted by atomic mass is 79.9. The number of piperazine rings is 1. The molecule has 160 valence electrons. The molecule has 0 aliphatic carbocycles. The molecule has 4 rings (SSSR count). The zero-order chi connectivity index (χ0) is 21.3. The minimum absolute atomic E-state index is 0.0622. The summed E-state index contributed by atoms with van der Waals surface area (Å²) in [5.41, 5.74) is 7.02. The first kappa shape index (κ1) is 21.4.